The fourth-order valence-electron chi connectivity index (χ4n) is 0.964. The fraction of sp³-hybridized carbons (Fsp3) is 0.273. The molecule has 0 radical (unpaired) electrons. The molecular weight excluding hydrogens is 190 g/mol. The number of pyridine rings is 1. The van der Waals surface area contributed by atoms with Crippen LogP contribution >= 0.6 is 0 Å². The average molecular weight is 203 g/mol. The van der Waals surface area contributed by atoms with Gasteiger partial charge in [0.2, 0.25) is 5.91 Å². The smallest absolute Gasteiger partial charge is 0.217 e. The molecule has 15 heavy (non-hydrogen) atoms. The van der Waals surface area contributed by atoms with E-state index in [9.17, 15) is 4.79 Å². The molecule has 4 nitrogen and oxygen atoms in total. The SMILES string of the molecule is CC(=O)NCC#Cc1nc(C)ccc1N. The minimum atomic E-state index is -0.102. The van der Waals surface area contributed by atoms with Crippen LogP contribution in [0.15, 0.2) is 12.1 Å². The van der Waals surface area contributed by atoms with Crippen LogP contribution in [0.25, 0.3) is 0 Å². The molecule has 0 spiro atoms. The predicted molar refractivity (Wildman–Crippen MR) is 58.9 cm³/mol. The normalized spacial score (nSPS) is 8.93. The number of rotatable bonds is 1. The van der Waals surface area contributed by atoms with Gasteiger partial charge in [-0.3, -0.25) is 4.79 Å². The van der Waals surface area contributed by atoms with E-state index in [1.165, 1.54) is 6.92 Å². The van der Waals surface area contributed by atoms with Gasteiger partial charge in [-0.05, 0) is 25.0 Å². The molecule has 0 aliphatic rings. The second kappa shape index (κ2) is 5.01. The Morgan fingerprint density at radius 2 is 2.33 bits per heavy atom. The number of nitrogens with two attached hydrogens (primary N) is 1. The molecule has 0 aliphatic heterocycles. The standard InChI is InChI=1S/C11H13N3O/c1-8-5-6-10(12)11(14-8)4-3-7-13-9(2)15/h5-6H,7,12H2,1-2H3,(H,13,15). The lowest BCUT2D eigenvalue weighted by atomic mass is 10.2. The van der Waals surface area contributed by atoms with E-state index < -0.39 is 0 Å². The fourth-order valence-corrected chi connectivity index (χ4v) is 0.964. The van der Waals surface area contributed by atoms with Gasteiger partial charge < -0.3 is 11.1 Å². The van der Waals surface area contributed by atoms with Crippen LogP contribution in [-0.4, -0.2) is 17.4 Å². The maximum absolute atomic E-state index is 10.6. The molecule has 0 fully saturated rings. The van der Waals surface area contributed by atoms with Crippen LogP contribution in [0.5, 0.6) is 0 Å². The number of hydrogen-bond acceptors (Lipinski definition) is 3. The second-order valence-corrected chi connectivity index (χ2v) is 3.10. The lowest BCUT2D eigenvalue weighted by molar-refractivity contribution is -0.118. The number of amides is 1. The Labute approximate surface area is 88.9 Å². The third-order valence-corrected chi connectivity index (χ3v) is 1.70. The number of carbonyl (C=O) groups excluding carboxylic acids is 1. The number of anilines is 1. The Balaban J connectivity index is 2.71. The van der Waals surface area contributed by atoms with Crippen molar-refractivity contribution in [2.75, 3.05) is 12.3 Å². The maximum Gasteiger partial charge on any atom is 0.217 e. The zero-order valence-electron chi connectivity index (χ0n) is 8.79. The Morgan fingerprint density at radius 1 is 1.60 bits per heavy atom. The number of nitrogens with zero attached hydrogens (tertiary/aromatic N) is 1. The molecule has 1 aromatic rings. The summed E-state index contributed by atoms with van der Waals surface area (Å²) < 4.78 is 0. The topological polar surface area (TPSA) is 68.0 Å². The molecule has 0 aromatic carbocycles. The van der Waals surface area contributed by atoms with Gasteiger partial charge in [0.05, 0.1) is 12.2 Å². The molecule has 0 bridgehead atoms. The van der Waals surface area contributed by atoms with Crippen molar-refractivity contribution in [1.29, 1.82) is 0 Å². The molecule has 0 aliphatic carbocycles. The molecule has 78 valence electrons. The van der Waals surface area contributed by atoms with E-state index in [-0.39, 0.29) is 5.91 Å². The molecule has 0 saturated carbocycles. The van der Waals surface area contributed by atoms with Crippen LogP contribution in [0.4, 0.5) is 5.69 Å². The highest BCUT2D eigenvalue weighted by atomic mass is 16.1. The number of nitrogen functional groups attached to an aromatic ring is 1. The number of aromatic nitrogens is 1. The van der Waals surface area contributed by atoms with Crippen LogP contribution < -0.4 is 11.1 Å². The van der Waals surface area contributed by atoms with E-state index in [1.807, 2.05) is 13.0 Å². The summed E-state index contributed by atoms with van der Waals surface area (Å²) in [7, 11) is 0. The molecule has 1 heterocycles. The summed E-state index contributed by atoms with van der Waals surface area (Å²) in [5, 5.41) is 2.57. The van der Waals surface area contributed by atoms with Crippen LogP contribution in [0.2, 0.25) is 0 Å². The first-order valence-electron chi connectivity index (χ1n) is 4.56. The van der Waals surface area contributed by atoms with Crippen molar-refractivity contribution >= 4 is 11.6 Å². The third-order valence-electron chi connectivity index (χ3n) is 1.70. The van der Waals surface area contributed by atoms with Crippen molar-refractivity contribution in [2.45, 2.75) is 13.8 Å². The summed E-state index contributed by atoms with van der Waals surface area (Å²) in [6.45, 7) is 3.63. The van der Waals surface area contributed by atoms with E-state index in [2.05, 4.69) is 22.1 Å². The summed E-state index contributed by atoms with van der Waals surface area (Å²) in [4.78, 5) is 14.7. The van der Waals surface area contributed by atoms with Crippen LogP contribution in [0, 0.1) is 18.8 Å². The minimum Gasteiger partial charge on any atom is -0.396 e. The highest BCUT2D eigenvalue weighted by Gasteiger charge is 1.96. The van der Waals surface area contributed by atoms with Crippen molar-refractivity contribution < 1.29 is 4.79 Å². The molecule has 3 N–H and O–H groups in total. The summed E-state index contributed by atoms with van der Waals surface area (Å²) in [6.07, 6.45) is 0. The first-order chi connectivity index (χ1) is 7.09. The second-order valence-electron chi connectivity index (χ2n) is 3.10. The van der Waals surface area contributed by atoms with E-state index in [4.69, 9.17) is 5.73 Å². The van der Waals surface area contributed by atoms with E-state index in [0.29, 0.717) is 17.9 Å². The van der Waals surface area contributed by atoms with Crippen molar-refractivity contribution in [3.63, 3.8) is 0 Å². The van der Waals surface area contributed by atoms with Gasteiger partial charge in [0.15, 0.2) is 0 Å². The number of aryl methyl sites for hydroxylation is 1. The highest BCUT2D eigenvalue weighted by molar-refractivity contribution is 5.73. The highest BCUT2D eigenvalue weighted by Crippen LogP contribution is 2.07. The lowest BCUT2D eigenvalue weighted by Gasteiger charge is -1.98. The molecule has 1 aromatic heterocycles. The van der Waals surface area contributed by atoms with E-state index in [0.717, 1.165) is 5.69 Å². The van der Waals surface area contributed by atoms with Gasteiger partial charge in [-0.15, -0.1) is 0 Å². The van der Waals surface area contributed by atoms with Crippen LogP contribution in [-0.2, 0) is 4.79 Å². The van der Waals surface area contributed by atoms with Crippen molar-refractivity contribution in [2.24, 2.45) is 0 Å². The van der Waals surface area contributed by atoms with Gasteiger partial charge in [-0.2, -0.15) is 0 Å². The molecule has 1 amide bonds. The maximum atomic E-state index is 10.6. The largest absolute Gasteiger partial charge is 0.396 e. The van der Waals surface area contributed by atoms with E-state index >= 15 is 0 Å². The van der Waals surface area contributed by atoms with Gasteiger partial charge in [-0.25, -0.2) is 4.98 Å². The van der Waals surface area contributed by atoms with Gasteiger partial charge in [0.25, 0.3) is 0 Å². The molecular formula is C11H13N3O. The third kappa shape index (κ3) is 3.69. The number of hydrogen-bond donors (Lipinski definition) is 2. The van der Waals surface area contributed by atoms with Gasteiger partial charge in [0, 0.05) is 12.6 Å². The Bertz CT molecular complexity index is 429. The lowest BCUT2D eigenvalue weighted by Crippen LogP contribution is -2.19. The molecule has 1 rings (SSSR count). The average Bonchev–Trinajstić information content (AvgIpc) is 2.17. The molecule has 0 atom stereocenters. The van der Waals surface area contributed by atoms with Crippen molar-refractivity contribution in [3.05, 3.63) is 23.5 Å². The van der Waals surface area contributed by atoms with Gasteiger partial charge in [0.1, 0.15) is 5.69 Å². The Hall–Kier alpha value is -2.02. The zero-order valence-corrected chi connectivity index (χ0v) is 8.79. The summed E-state index contributed by atoms with van der Waals surface area (Å²) in [5.41, 5.74) is 7.66. The quantitative estimate of drug-likeness (QED) is 0.651. The van der Waals surface area contributed by atoms with Crippen molar-refractivity contribution in [3.8, 4) is 11.8 Å². The van der Waals surface area contributed by atoms with Crippen molar-refractivity contribution in [1.82, 2.24) is 10.3 Å². The molecule has 0 unspecified atom stereocenters. The Kier molecular flexibility index (Phi) is 3.69. The van der Waals surface area contributed by atoms with E-state index in [1.54, 1.807) is 6.07 Å². The monoisotopic (exact) mass is 203 g/mol. The number of nitrogens with one attached hydrogen (secondary N) is 1. The number of carbonyl (C=O) groups is 1. The minimum absolute atomic E-state index is 0.102. The van der Waals surface area contributed by atoms with Crippen LogP contribution in [0.1, 0.15) is 18.3 Å². The van der Waals surface area contributed by atoms with Crippen LogP contribution in [0.3, 0.4) is 0 Å². The van der Waals surface area contributed by atoms with Gasteiger partial charge in [-0.1, -0.05) is 5.92 Å². The first kappa shape index (κ1) is 11.1. The first-order valence-corrected chi connectivity index (χ1v) is 4.56. The molecule has 4 heteroatoms. The summed E-state index contributed by atoms with van der Waals surface area (Å²) >= 11 is 0. The summed E-state index contributed by atoms with van der Waals surface area (Å²) in [5.74, 6) is 5.48. The summed E-state index contributed by atoms with van der Waals surface area (Å²) in [6, 6.07) is 3.60. The Morgan fingerprint density at radius 3 is 3.00 bits per heavy atom. The van der Waals surface area contributed by atoms with Gasteiger partial charge >= 0.3 is 0 Å². The molecule has 0 saturated heterocycles. The zero-order chi connectivity index (χ0) is 11.3. The predicted octanol–water partition coefficient (Wildman–Crippen LogP) is 0.460.